The molecular formula is C11H23N3O. The molecule has 0 aromatic rings. The molecule has 0 heterocycles. The van der Waals surface area contributed by atoms with Crippen LogP contribution in [0.5, 0.6) is 0 Å². The molecule has 1 saturated carbocycles. The van der Waals surface area contributed by atoms with Crippen molar-refractivity contribution in [1.29, 1.82) is 0 Å². The van der Waals surface area contributed by atoms with Gasteiger partial charge in [-0.15, -0.1) is 0 Å². The summed E-state index contributed by atoms with van der Waals surface area (Å²) in [7, 11) is 4.10. The fourth-order valence-corrected chi connectivity index (χ4v) is 1.70. The first-order valence-electron chi connectivity index (χ1n) is 5.58. The maximum atomic E-state index is 11.4. The van der Waals surface area contributed by atoms with Crippen LogP contribution in [-0.2, 0) is 0 Å². The predicted octanol–water partition coefficient (Wildman–Crippen LogP) is 1.04. The van der Waals surface area contributed by atoms with Gasteiger partial charge in [0.15, 0.2) is 0 Å². The molecule has 1 aliphatic rings. The summed E-state index contributed by atoms with van der Waals surface area (Å²) in [6.45, 7) is 6.00. The van der Waals surface area contributed by atoms with E-state index in [4.69, 9.17) is 0 Å². The van der Waals surface area contributed by atoms with Crippen LogP contribution in [0.1, 0.15) is 26.7 Å². The number of hydrogen-bond donors (Lipinski definition) is 2. The van der Waals surface area contributed by atoms with E-state index in [2.05, 4.69) is 29.4 Å². The number of carbonyl (C=O) groups excluding carboxylic acids is 1. The molecule has 0 unspecified atom stereocenters. The summed E-state index contributed by atoms with van der Waals surface area (Å²) in [6, 6.07) is 0.409. The summed E-state index contributed by atoms with van der Waals surface area (Å²) in [5, 5.41) is 5.84. The van der Waals surface area contributed by atoms with Crippen LogP contribution in [0.4, 0.5) is 4.79 Å². The Morgan fingerprint density at radius 2 is 2.00 bits per heavy atom. The van der Waals surface area contributed by atoms with E-state index in [9.17, 15) is 4.79 Å². The molecule has 88 valence electrons. The van der Waals surface area contributed by atoms with Gasteiger partial charge in [-0.2, -0.15) is 0 Å². The van der Waals surface area contributed by atoms with Crippen molar-refractivity contribution < 1.29 is 4.79 Å². The van der Waals surface area contributed by atoms with Gasteiger partial charge in [-0.25, -0.2) is 4.79 Å². The van der Waals surface area contributed by atoms with E-state index < -0.39 is 0 Å². The Hall–Kier alpha value is -0.770. The van der Waals surface area contributed by atoms with Crippen LogP contribution in [0.2, 0.25) is 0 Å². The van der Waals surface area contributed by atoms with Crippen LogP contribution in [0, 0.1) is 5.41 Å². The number of rotatable bonds is 5. The van der Waals surface area contributed by atoms with E-state index in [0.29, 0.717) is 12.6 Å². The Morgan fingerprint density at radius 3 is 2.47 bits per heavy atom. The maximum Gasteiger partial charge on any atom is 0.315 e. The molecule has 1 aliphatic carbocycles. The molecule has 15 heavy (non-hydrogen) atoms. The average Bonchev–Trinajstić information content (AvgIpc) is 2.82. The molecule has 1 fully saturated rings. The highest BCUT2D eigenvalue weighted by atomic mass is 16.2. The van der Waals surface area contributed by atoms with Crippen molar-refractivity contribution in [1.82, 2.24) is 15.5 Å². The van der Waals surface area contributed by atoms with E-state index in [-0.39, 0.29) is 11.4 Å². The molecule has 0 aromatic carbocycles. The summed E-state index contributed by atoms with van der Waals surface area (Å²) in [5.41, 5.74) is 0.115. The Balaban J connectivity index is 2.18. The molecule has 0 atom stereocenters. The van der Waals surface area contributed by atoms with Gasteiger partial charge in [-0.1, -0.05) is 13.8 Å². The van der Waals surface area contributed by atoms with Crippen molar-refractivity contribution in [3.8, 4) is 0 Å². The number of urea groups is 1. The lowest BCUT2D eigenvalue weighted by Gasteiger charge is -2.28. The zero-order valence-corrected chi connectivity index (χ0v) is 10.3. The zero-order valence-electron chi connectivity index (χ0n) is 10.3. The second-order valence-corrected chi connectivity index (χ2v) is 5.50. The van der Waals surface area contributed by atoms with Crippen LogP contribution >= 0.6 is 0 Å². The molecule has 1 rings (SSSR count). The van der Waals surface area contributed by atoms with Crippen LogP contribution in [0.15, 0.2) is 0 Å². The first-order chi connectivity index (χ1) is 6.89. The lowest BCUT2D eigenvalue weighted by atomic mass is 9.93. The van der Waals surface area contributed by atoms with Gasteiger partial charge in [0, 0.05) is 19.1 Å². The topological polar surface area (TPSA) is 44.4 Å². The third-order valence-corrected chi connectivity index (χ3v) is 2.38. The predicted molar refractivity (Wildman–Crippen MR) is 61.9 cm³/mol. The van der Waals surface area contributed by atoms with Crippen molar-refractivity contribution >= 4 is 6.03 Å². The summed E-state index contributed by atoms with van der Waals surface area (Å²) >= 11 is 0. The molecule has 0 radical (unpaired) electrons. The van der Waals surface area contributed by atoms with E-state index in [1.165, 1.54) is 0 Å². The van der Waals surface area contributed by atoms with Gasteiger partial charge in [0.25, 0.3) is 0 Å². The van der Waals surface area contributed by atoms with E-state index in [0.717, 1.165) is 19.4 Å². The molecule has 2 amide bonds. The number of amides is 2. The lowest BCUT2D eigenvalue weighted by molar-refractivity contribution is 0.215. The van der Waals surface area contributed by atoms with Crippen LogP contribution in [-0.4, -0.2) is 44.2 Å². The Kier molecular flexibility index (Phi) is 3.97. The van der Waals surface area contributed by atoms with Crippen molar-refractivity contribution in [3.05, 3.63) is 0 Å². The molecule has 0 aromatic heterocycles. The van der Waals surface area contributed by atoms with Gasteiger partial charge < -0.3 is 15.5 Å². The second kappa shape index (κ2) is 4.84. The zero-order chi connectivity index (χ0) is 11.5. The summed E-state index contributed by atoms with van der Waals surface area (Å²) in [5.74, 6) is 0. The number of hydrogen-bond acceptors (Lipinski definition) is 2. The van der Waals surface area contributed by atoms with Crippen LogP contribution in [0.25, 0.3) is 0 Å². The van der Waals surface area contributed by atoms with Crippen LogP contribution in [0.3, 0.4) is 0 Å². The minimum atomic E-state index is -0.0238. The highest BCUT2D eigenvalue weighted by molar-refractivity contribution is 5.74. The summed E-state index contributed by atoms with van der Waals surface area (Å²) in [4.78, 5) is 13.5. The van der Waals surface area contributed by atoms with Gasteiger partial charge in [-0.3, -0.25) is 0 Å². The SMILES string of the molecule is CN(C)CC(C)(C)CNC(=O)NC1CC1. The molecule has 4 nitrogen and oxygen atoms in total. The van der Waals surface area contributed by atoms with Gasteiger partial charge in [0.2, 0.25) is 0 Å². The molecule has 0 aliphatic heterocycles. The number of nitrogens with zero attached hydrogens (tertiary/aromatic N) is 1. The van der Waals surface area contributed by atoms with E-state index >= 15 is 0 Å². The molecule has 0 saturated heterocycles. The van der Waals surface area contributed by atoms with Gasteiger partial charge in [0.05, 0.1) is 0 Å². The van der Waals surface area contributed by atoms with Gasteiger partial charge >= 0.3 is 6.03 Å². The minimum Gasteiger partial charge on any atom is -0.338 e. The molecule has 2 N–H and O–H groups in total. The summed E-state index contributed by atoms with van der Waals surface area (Å²) < 4.78 is 0. The Labute approximate surface area is 92.4 Å². The second-order valence-electron chi connectivity index (χ2n) is 5.50. The fourth-order valence-electron chi connectivity index (χ4n) is 1.70. The van der Waals surface area contributed by atoms with E-state index in [1.807, 2.05) is 14.1 Å². The summed E-state index contributed by atoms with van der Waals surface area (Å²) in [6.07, 6.45) is 2.27. The number of carbonyl (C=O) groups is 1. The minimum absolute atomic E-state index is 0.0238. The molecule has 0 bridgehead atoms. The quantitative estimate of drug-likeness (QED) is 0.716. The maximum absolute atomic E-state index is 11.4. The first-order valence-corrected chi connectivity index (χ1v) is 5.58. The van der Waals surface area contributed by atoms with Crippen molar-refractivity contribution in [2.45, 2.75) is 32.7 Å². The average molecular weight is 213 g/mol. The molecule has 4 heteroatoms. The third kappa shape index (κ3) is 5.62. The monoisotopic (exact) mass is 213 g/mol. The fraction of sp³-hybridized carbons (Fsp3) is 0.909. The highest BCUT2D eigenvalue weighted by Gasteiger charge is 2.24. The van der Waals surface area contributed by atoms with Crippen molar-refractivity contribution in [2.24, 2.45) is 5.41 Å². The smallest absolute Gasteiger partial charge is 0.315 e. The normalized spacial score (nSPS) is 16.6. The number of nitrogens with one attached hydrogen (secondary N) is 2. The first kappa shape index (κ1) is 12.3. The Bertz CT molecular complexity index is 222. The van der Waals surface area contributed by atoms with Gasteiger partial charge in [-0.05, 0) is 32.4 Å². The van der Waals surface area contributed by atoms with Gasteiger partial charge in [0.1, 0.15) is 0 Å². The molecule has 0 spiro atoms. The Morgan fingerprint density at radius 1 is 1.40 bits per heavy atom. The van der Waals surface area contributed by atoms with Crippen LogP contribution < -0.4 is 10.6 Å². The molecular weight excluding hydrogens is 190 g/mol. The standard InChI is InChI=1S/C11H23N3O/c1-11(2,8-14(3)4)7-12-10(15)13-9-5-6-9/h9H,5-8H2,1-4H3,(H2,12,13,15). The lowest BCUT2D eigenvalue weighted by Crippen LogP contribution is -2.44. The van der Waals surface area contributed by atoms with Crippen molar-refractivity contribution in [3.63, 3.8) is 0 Å². The largest absolute Gasteiger partial charge is 0.338 e. The highest BCUT2D eigenvalue weighted by Crippen LogP contribution is 2.18. The third-order valence-electron chi connectivity index (χ3n) is 2.38. The van der Waals surface area contributed by atoms with Crippen molar-refractivity contribution in [2.75, 3.05) is 27.2 Å². The van der Waals surface area contributed by atoms with E-state index in [1.54, 1.807) is 0 Å².